The maximum absolute atomic E-state index is 9.15. The van der Waals surface area contributed by atoms with Gasteiger partial charge in [0.2, 0.25) is 0 Å². The van der Waals surface area contributed by atoms with Gasteiger partial charge in [-0.25, -0.2) is 0 Å². The maximum atomic E-state index is 9.15. The molecule has 0 radical (unpaired) electrons. The Hall–Kier alpha value is -1.67. The smallest absolute Gasteiger partial charge is 0.251 e. The van der Waals surface area contributed by atoms with Crippen molar-refractivity contribution in [3.8, 4) is 11.9 Å². The van der Waals surface area contributed by atoms with E-state index in [4.69, 9.17) is 10.00 Å². The molecule has 0 aromatic carbocycles. The molecule has 18 heavy (non-hydrogen) atoms. The number of hydrogen-bond donors (Lipinski definition) is 1. The number of nitrogens with one attached hydrogen (secondary N) is 1. The van der Waals surface area contributed by atoms with E-state index in [0.717, 1.165) is 37.2 Å². The number of hydrogen-bond acceptors (Lipinski definition) is 5. The molecule has 0 spiro atoms. The van der Waals surface area contributed by atoms with E-state index in [-0.39, 0.29) is 0 Å². The first-order valence-corrected chi connectivity index (χ1v) is 6.30. The third-order valence-electron chi connectivity index (χ3n) is 3.45. The van der Waals surface area contributed by atoms with E-state index in [1.54, 1.807) is 0 Å². The van der Waals surface area contributed by atoms with Crippen molar-refractivity contribution in [2.45, 2.75) is 26.7 Å². The Morgan fingerprint density at radius 3 is 2.72 bits per heavy atom. The number of nitrogens with zero attached hydrogens (tertiary/aromatic N) is 3. The van der Waals surface area contributed by atoms with E-state index >= 15 is 0 Å². The summed E-state index contributed by atoms with van der Waals surface area (Å²) < 4.78 is 5.68. The summed E-state index contributed by atoms with van der Waals surface area (Å²) in [5.74, 6) is 0.917. The van der Waals surface area contributed by atoms with E-state index in [1.165, 1.54) is 0 Å². The monoisotopic (exact) mass is 246 g/mol. The summed E-state index contributed by atoms with van der Waals surface area (Å²) in [6, 6.07) is 2.15. The van der Waals surface area contributed by atoms with Gasteiger partial charge < -0.3 is 10.1 Å². The minimum atomic E-state index is 0.374. The Morgan fingerprint density at radius 2 is 2.06 bits per heavy atom. The van der Waals surface area contributed by atoms with Crippen molar-refractivity contribution in [1.82, 2.24) is 15.5 Å². The van der Waals surface area contributed by atoms with Gasteiger partial charge in [0.1, 0.15) is 11.6 Å². The Kier molecular flexibility index (Phi) is 4.11. The topological polar surface area (TPSA) is 70.8 Å². The molecule has 5 nitrogen and oxygen atoms in total. The summed E-state index contributed by atoms with van der Waals surface area (Å²) in [7, 11) is 0. The zero-order valence-corrected chi connectivity index (χ0v) is 10.9. The van der Waals surface area contributed by atoms with Crippen molar-refractivity contribution >= 4 is 0 Å². The predicted octanol–water partition coefficient (Wildman–Crippen LogP) is 1.34. The van der Waals surface area contributed by atoms with Gasteiger partial charge in [-0.3, -0.25) is 0 Å². The zero-order valence-electron chi connectivity index (χ0n) is 10.9. The Bertz CT molecular complexity index is 461. The standard InChI is InChI=1S/C13H18N4O/c1-9-10(2)16-17-13(12(9)7-14)18-8-11-3-5-15-6-4-11/h11,15H,3-6,8H2,1-2H3. The molecule has 2 rings (SSSR count). The predicted molar refractivity (Wildman–Crippen MR) is 67.3 cm³/mol. The van der Waals surface area contributed by atoms with Gasteiger partial charge in [-0.2, -0.15) is 10.4 Å². The highest BCUT2D eigenvalue weighted by Gasteiger charge is 2.17. The fourth-order valence-electron chi connectivity index (χ4n) is 2.06. The van der Waals surface area contributed by atoms with Crippen molar-refractivity contribution in [3.05, 3.63) is 16.8 Å². The normalized spacial score (nSPS) is 16.3. The molecule has 1 N–H and O–H groups in total. The summed E-state index contributed by atoms with van der Waals surface area (Å²) in [5, 5.41) is 20.5. The van der Waals surface area contributed by atoms with Crippen LogP contribution >= 0.6 is 0 Å². The van der Waals surface area contributed by atoms with Crippen LogP contribution in [-0.2, 0) is 0 Å². The Labute approximate surface area is 107 Å². The van der Waals surface area contributed by atoms with Crippen LogP contribution < -0.4 is 10.1 Å². The quantitative estimate of drug-likeness (QED) is 0.871. The molecule has 0 saturated carbocycles. The lowest BCUT2D eigenvalue weighted by molar-refractivity contribution is 0.206. The van der Waals surface area contributed by atoms with E-state index in [9.17, 15) is 0 Å². The molecule has 1 aromatic heterocycles. The van der Waals surface area contributed by atoms with Gasteiger partial charge in [-0.15, -0.1) is 5.10 Å². The van der Waals surface area contributed by atoms with Crippen molar-refractivity contribution in [2.24, 2.45) is 5.92 Å². The second-order valence-electron chi connectivity index (χ2n) is 4.71. The van der Waals surface area contributed by atoms with Crippen LogP contribution in [0.25, 0.3) is 0 Å². The van der Waals surface area contributed by atoms with Crippen LogP contribution in [0.4, 0.5) is 0 Å². The summed E-state index contributed by atoms with van der Waals surface area (Å²) in [5.41, 5.74) is 2.14. The molecule has 0 aliphatic carbocycles. The molecule has 2 heterocycles. The van der Waals surface area contributed by atoms with Gasteiger partial charge >= 0.3 is 0 Å². The van der Waals surface area contributed by atoms with Gasteiger partial charge in [0.15, 0.2) is 0 Å². The molecule has 5 heteroatoms. The molecule has 0 amide bonds. The summed E-state index contributed by atoms with van der Waals surface area (Å²) >= 11 is 0. The van der Waals surface area contributed by atoms with Crippen LogP contribution in [0, 0.1) is 31.1 Å². The molecule has 1 aliphatic rings. The first kappa shape index (κ1) is 12.8. The third-order valence-corrected chi connectivity index (χ3v) is 3.45. The zero-order chi connectivity index (χ0) is 13.0. The molecule has 0 atom stereocenters. The molecular formula is C13H18N4O. The second kappa shape index (κ2) is 5.78. The van der Waals surface area contributed by atoms with Crippen LogP contribution in [0.2, 0.25) is 0 Å². The number of ether oxygens (including phenoxy) is 1. The molecule has 1 aliphatic heterocycles. The number of aryl methyl sites for hydroxylation is 1. The molecular weight excluding hydrogens is 228 g/mol. The van der Waals surface area contributed by atoms with Crippen molar-refractivity contribution < 1.29 is 4.74 Å². The van der Waals surface area contributed by atoms with Crippen LogP contribution in [-0.4, -0.2) is 29.9 Å². The maximum Gasteiger partial charge on any atom is 0.251 e. The van der Waals surface area contributed by atoms with Crippen LogP contribution in [0.5, 0.6) is 5.88 Å². The van der Waals surface area contributed by atoms with Gasteiger partial charge in [-0.05, 0) is 51.3 Å². The summed E-state index contributed by atoms with van der Waals surface area (Å²) in [6.45, 7) is 6.42. The van der Waals surface area contributed by atoms with Crippen LogP contribution in [0.3, 0.4) is 0 Å². The molecule has 1 aromatic rings. The van der Waals surface area contributed by atoms with E-state index in [1.807, 2.05) is 13.8 Å². The number of rotatable bonds is 3. The molecule has 0 bridgehead atoms. The highest BCUT2D eigenvalue weighted by Crippen LogP contribution is 2.21. The average Bonchev–Trinajstić information content (AvgIpc) is 2.41. The lowest BCUT2D eigenvalue weighted by atomic mass is 9.99. The van der Waals surface area contributed by atoms with Crippen molar-refractivity contribution in [3.63, 3.8) is 0 Å². The number of nitriles is 1. The van der Waals surface area contributed by atoms with E-state index in [0.29, 0.717) is 24.0 Å². The lowest BCUT2D eigenvalue weighted by Crippen LogP contribution is -2.30. The highest BCUT2D eigenvalue weighted by atomic mass is 16.5. The first-order valence-electron chi connectivity index (χ1n) is 6.30. The summed E-state index contributed by atoms with van der Waals surface area (Å²) in [6.07, 6.45) is 2.22. The number of piperidine rings is 1. The average molecular weight is 246 g/mol. The molecule has 1 fully saturated rings. The minimum Gasteiger partial charge on any atom is -0.475 e. The molecule has 0 unspecified atom stereocenters. The van der Waals surface area contributed by atoms with E-state index in [2.05, 4.69) is 21.6 Å². The van der Waals surface area contributed by atoms with Crippen LogP contribution in [0.1, 0.15) is 29.7 Å². The minimum absolute atomic E-state index is 0.374. The van der Waals surface area contributed by atoms with Crippen LogP contribution in [0.15, 0.2) is 0 Å². The van der Waals surface area contributed by atoms with Crippen molar-refractivity contribution in [1.29, 1.82) is 5.26 Å². The first-order chi connectivity index (χ1) is 8.72. The van der Waals surface area contributed by atoms with Crippen molar-refractivity contribution in [2.75, 3.05) is 19.7 Å². The fourth-order valence-corrected chi connectivity index (χ4v) is 2.06. The lowest BCUT2D eigenvalue weighted by Gasteiger charge is -2.22. The van der Waals surface area contributed by atoms with Gasteiger partial charge in [-0.1, -0.05) is 0 Å². The SMILES string of the molecule is Cc1nnc(OCC2CCNCC2)c(C#N)c1C. The second-order valence-corrected chi connectivity index (χ2v) is 4.71. The van der Waals surface area contributed by atoms with Gasteiger partial charge in [0.05, 0.1) is 12.3 Å². The Morgan fingerprint density at radius 1 is 1.33 bits per heavy atom. The molecule has 96 valence electrons. The third kappa shape index (κ3) is 2.77. The van der Waals surface area contributed by atoms with Gasteiger partial charge in [0, 0.05) is 0 Å². The highest BCUT2D eigenvalue weighted by molar-refractivity contribution is 5.44. The van der Waals surface area contributed by atoms with Gasteiger partial charge in [0.25, 0.3) is 5.88 Å². The fraction of sp³-hybridized carbons (Fsp3) is 0.615. The molecule has 1 saturated heterocycles. The largest absolute Gasteiger partial charge is 0.475 e. The van der Waals surface area contributed by atoms with E-state index < -0.39 is 0 Å². The Balaban J connectivity index is 2.05. The number of aromatic nitrogens is 2. The summed E-state index contributed by atoms with van der Waals surface area (Å²) in [4.78, 5) is 0.